The first-order chi connectivity index (χ1) is 7.29. The summed E-state index contributed by atoms with van der Waals surface area (Å²) in [4.78, 5) is 2.25. The molecule has 0 aromatic carbocycles. The fourth-order valence-electron chi connectivity index (χ4n) is 1.09. The molecule has 0 unspecified atom stereocenters. The molecule has 0 aliphatic heterocycles. The summed E-state index contributed by atoms with van der Waals surface area (Å²) in [7, 11) is -3.40. The molecule has 0 radical (unpaired) electrons. The van der Waals surface area contributed by atoms with Gasteiger partial charge in [0.25, 0.3) is 12.3 Å². The average molecular weight is 254 g/mol. The molecule has 0 saturated heterocycles. The Morgan fingerprint density at radius 2 is 2.12 bits per heavy atom. The Labute approximate surface area is 89.7 Å². The summed E-state index contributed by atoms with van der Waals surface area (Å²) in [5.41, 5.74) is -0.971. The molecular formula is C7H8F2N2O4S. The Morgan fingerprint density at radius 1 is 1.56 bits per heavy atom. The molecule has 0 bridgehead atoms. The van der Waals surface area contributed by atoms with Crippen molar-refractivity contribution in [1.29, 1.82) is 0 Å². The Kier molecular flexibility index (Phi) is 3.29. The van der Waals surface area contributed by atoms with Crippen LogP contribution in [0.15, 0.2) is 11.1 Å². The number of hydrogen-bond donors (Lipinski definition) is 2. The van der Waals surface area contributed by atoms with Crippen LogP contribution in [0.2, 0.25) is 0 Å². The van der Waals surface area contributed by atoms with E-state index in [9.17, 15) is 22.3 Å². The number of alkyl halides is 2. The molecule has 0 aliphatic rings. The Hall–Kier alpha value is -1.48. The van der Waals surface area contributed by atoms with E-state index >= 15 is 0 Å². The fraction of sp³-hybridized carbons (Fsp3) is 0.286. The zero-order chi connectivity index (χ0) is 12.5. The Balaban J connectivity index is 3.63. The summed E-state index contributed by atoms with van der Waals surface area (Å²) >= 11 is 0. The minimum absolute atomic E-state index is 0.492. The van der Waals surface area contributed by atoms with E-state index in [0.29, 0.717) is 6.20 Å². The first kappa shape index (κ1) is 12.6. The molecule has 1 heterocycles. The van der Waals surface area contributed by atoms with E-state index in [-0.39, 0.29) is 0 Å². The number of aromatic hydroxyl groups is 1. The van der Waals surface area contributed by atoms with Gasteiger partial charge in [-0.15, -0.1) is 0 Å². The number of halogens is 2. The second kappa shape index (κ2) is 4.18. The molecule has 1 aromatic heterocycles. The van der Waals surface area contributed by atoms with Crippen molar-refractivity contribution in [2.75, 3.05) is 7.11 Å². The van der Waals surface area contributed by atoms with Crippen LogP contribution in [0.5, 0.6) is 11.6 Å². The van der Waals surface area contributed by atoms with Crippen LogP contribution < -0.4 is 9.88 Å². The summed E-state index contributed by atoms with van der Waals surface area (Å²) in [5, 5.41) is 14.1. The third-order valence-electron chi connectivity index (χ3n) is 1.71. The number of rotatable bonds is 3. The number of methoxy groups -OCH3 is 1. The van der Waals surface area contributed by atoms with Gasteiger partial charge < -0.3 is 9.84 Å². The van der Waals surface area contributed by atoms with Crippen molar-refractivity contribution in [2.24, 2.45) is 5.14 Å². The molecule has 9 heteroatoms. The normalized spacial score (nSPS) is 11.8. The molecule has 0 saturated carbocycles. The van der Waals surface area contributed by atoms with Gasteiger partial charge in [-0.05, 0) is 0 Å². The summed E-state index contributed by atoms with van der Waals surface area (Å²) < 4.78 is 51.5. The van der Waals surface area contributed by atoms with Gasteiger partial charge in [0.15, 0.2) is 5.75 Å². The van der Waals surface area contributed by atoms with Crippen LogP contribution in [0.1, 0.15) is 12.0 Å². The molecular weight excluding hydrogens is 246 g/mol. The summed E-state index contributed by atoms with van der Waals surface area (Å²) in [6.45, 7) is 0. The van der Waals surface area contributed by atoms with Crippen molar-refractivity contribution in [3.63, 3.8) is 0 Å². The van der Waals surface area contributed by atoms with Crippen LogP contribution in [-0.2, 0) is 10.0 Å². The SMILES string of the molecule is COc1ncc(C(F)F)c(S(N)(=O)=O)c1O. The molecule has 16 heavy (non-hydrogen) atoms. The van der Waals surface area contributed by atoms with Gasteiger partial charge in [-0.3, -0.25) is 0 Å². The lowest BCUT2D eigenvalue weighted by Gasteiger charge is -2.10. The van der Waals surface area contributed by atoms with E-state index in [4.69, 9.17) is 5.14 Å². The van der Waals surface area contributed by atoms with Crippen molar-refractivity contribution in [3.8, 4) is 11.6 Å². The molecule has 0 spiro atoms. The topological polar surface area (TPSA) is 103 Å². The standard InChI is InChI=1S/C7H8F2N2O4S/c1-15-7-4(12)5(16(10,13)14)3(2-11-7)6(8)9/h2,6,12H,1H3,(H2,10,13,14). The highest BCUT2D eigenvalue weighted by Crippen LogP contribution is 2.36. The quantitative estimate of drug-likeness (QED) is 0.811. The molecule has 0 fully saturated rings. The van der Waals surface area contributed by atoms with Gasteiger partial charge in [0.05, 0.1) is 12.7 Å². The number of hydrogen-bond acceptors (Lipinski definition) is 5. The van der Waals surface area contributed by atoms with Crippen LogP contribution in [0, 0.1) is 0 Å². The molecule has 90 valence electrons. The average Bonchev–Trinajstić information content (AvgIpc) is 2.14. The van der Waals surface area contributed by atoms with Crippen molar-refractivity contribution in [3.05, 3.63) is 11.8 Å². The number of sulfonamides is 1. The predicted octanol–water partition coefficient (Wildman–Crippen LogP) is 0.381. The second-order valence-corrected chi connectivity index (χ2v) is 4.24. The van der Waals surface area contributed by atoms with Crippen LogP contribution in [-0.4, -0.2) is 25.6 Å². The molecule has 6 nitrogen and oxygen atoms in total. The molecule has 3 N–H and O–H groups in total. The van der Waals surface area contributed by atoms with E-state index in [2.05, 4.69) is 9.72 Å². The minimum Gasteiger partial charge on any atom is -0.502 e. The van der Waals surface area contributed by atoms with Gasteiger partial charge in [0.2, 0.25) is 10.0 Å². The van der Waals surface area contributed by atoms with Gasteiger partial charge in [0.1, 0.15) is 4.90 Å². The first-order valence-electron chi connectivity index (χ1n) is 3.85. The Morgan fingerprint density at radius 3 is 2.50 bits per heavy atom. The van der Waals surface area contributed by atoms with E-state index in [1.807, 2.05) is 0 Å². The highest BCUT2D eigenvalue weighted by molar-refractivity contribution is 7.89. The number of primary sulfonamides is 1. The molecule has 0 amide bonds. The zero-order valence-electron chi connectivity index (χ0n) is 8.02. The van der Waals surface area contributed by atoms with Crippen LogP contribution in [0.3, 0.4) is 0 Å². The monoisotopic (exact) mass is 254 g/mol. The highest BCUT2D eigenvalue weighted by atomic mass is 32.2. The summed E-state index contributed by atoms with van der Waals surface area (Å²) in [6.07, 6.45) is -2.54. The van der Waals surface area contributed by atoms with E-state index < -0.39 is 38.5 Å². The molecule has 1 aromatic rings. The highest BCUT2D eigenvalue weighted by Gasteiger charge is 2.28. The van der Waals surface area contributed by atoms with Gasteiger partial charge >= 0.3 is 0 Å². The third kappa shape index (κ3) is 2.19. The van der Waals surface area contributed by atoms with Gasteiger partial charge in [-0.2, -0.15) is 0 Å². The van der Waals surface area contributed by atoms with E-state index in [1.54, 1.807) is 0 Å². The minimum atomic E-state index is -4.49. The summed E-state index contributed by atoms with van der Waals surface area (Å²) in [5.74, 6) is -1.52. The number of pyridine rings is 1. The summed E-state index contributed by atoms with van der Waals surface area (Å²) in [6, 6.07) is 0. The lowest BCUT2D eigenvalue weighted by Crippen LogP contribution is -2.16. The van der Waals surface area contributed by atoms with Gasteiger partial charge in [-0.1, -0.05) is 0 Å². The number of aromatic nitrogens is 1. The van der Waals surface area contributed by atoms with Crippen LogP contribution in [0.25, 0.3) is 0 Å². The Bertz CT molecular complexity index is 503. The molecule has 1 rings (SSSR count). The van der Waals surface area contributed by atoms with Crippen molar-refractivity contribution in [1.82, 2.24) is 4.98 Å². The number of ether oxygens (including phenoxy) is 1. The lowest BCUT2D eigenvalue weighted by atomic mass is 10.3. The number of nitrogens with two attached hydrogens (primary N) is 1. The first-order valence-corrected chi connectivity index (χ1v) is 5.40. The maximum Gasteiger partial charge on any atom is 0.266 e. The smallest absolute Gasteiger partial charge is 0.266 e. The van der Waals surface area contributed by atoms with Gasteiger partial charge in [-0.25, -0.2) is 27.3 Å². The fourth-order valence-corrected chi connectivity index (χ4v) is 1.91. The predicted molar refractivity (Wildman–Crippen MR) is 48.8 cm³/mol. The lowest BCUT2D eigenvalue weighted by molar-refractivity contribution is 0.146. The second-order valence-electron chi connectivity index (χ2n) is 2.75. The largest absolute Gasteiger partial charge is 0.502 e. The van der Waals surface area contributed by atoms with Crippen molar-refractivity contribution in [2.45, 2.75) is 11.3 Å². The van der Waals surface area contributed by atoms with Crippen molar-refractivity contribution >= 4 is 10.0 Å². The molecule has 0 atom stereocenters. The molecule has 0 aliphatic carbocycles. The zero-order valence-corrected chi connectivity index (χ0v) is 8.83. The number of nitrogens with zero attached hydrogens (tertiary/aromatic N) is 1. The van der Waals surface area contributed by atoms with Crippen LogP contribution >= 0.6 is 0 Å². The maximum atomic E-state index is 12.5. The van der Waals surface area contributed by atoms with Gasteiger partial charge in [0, 0.05) is 6.20 Å². The maximum absolute atomic E-state index is 12.5. The van der Waals surface area contributed by atoms with Crippen molar-refractivity contribution < 1.29 is 27.0 Å². The van der Waals surface area contributed by atoms with E-state index in [0.717, 1.165) is 7.11 Å². The third-order valence-corrected chi connectivity index (χ3v) is 2.71. The van der Waals surface area contributed by atoms with E-state index in [1.165, 1.54) is 0 Å². The van der Waals surface area contributed by atoms with Crippen LogP contribution in [0.4, 0.5) is 8.78 Å².